The summed E-state index contributed by atoms with van der Waals surface area (Å²) < 4.78 is 5.52. The molecule has 1 aromatic carbocycles. The Morgan fingerprint density at radius 2 is 1.80 bits per heavy atom. The zero-order chi connectivity index (χ0) is 14.8. The van der Waals surface area contributed by atoms with Crippen LogP contribution in [0.2, 0.25) is 0 Å². The number of rotatable bonds is 8. The average molecular weight is 278 g/mol. The van der Waals surface area contributed by atoms with Gasteiger partial charge in [-0.1, -0.05) is 13.3 Å². The molecule has 0 saturated carbocycles. The van der Waals surface area contributed by atoms with Crippen LogP contribution >= 0.6 is 0 Å². The molecule has 2 N–H and O–H groups in total. The van der Waals surface area contributed by atoms with Crippen LogP contribution in [0.15, 0.2) is 24.3 Å². The summed E-state index contributed by atoms with van der Waals surface area (Å²) in [6, 6.07) is 6.90. The molecule has 0 heterocycles. The van der Waals surface area contributed by atoms with Crippen molar-refractivity contribution in [2.75, 3.05) is 19.7 Å². The summed E-state index contributed by atoms with van der Waals surface area (Å²) in [6.07, 6.45) is 2.09. The number of hydrogen-bond acceptors (Lipinski definition) is 3. The van der Waals surface area contributed by atoms with Gasteiger partial charge in [-0.25, -0.2) is 0 Å². The normalized spacial score (nSPS) is 9.90. The Hall–Kier alpha value is -2.04. The van der Waals surface area contributed by atoms with Gasteiger partial charge in [0.2, 0.25) is 5.91 Å². The second kappa shape index (κ2) is 8.96. The number of carbonyl (C=O) groups excluding carboxylic acids is 2. The van der Waals surface area contributed by atoms with Crippen LogP contribution in [0.5, 0.6) is 5.75 Å². The molecule has 2 amide bonds. The molecule has 0 fully saturated rings. The molecule has 1 aromatic rings. The van der Waals surface area contributed by atoms with Crippen LogP contribution in [0.25, 0.3) is 0 Å². The molecule has 0 saturated heterocycles. The van der Waals surface area contributed by atoms with Crippen molar-refractivity contribution in [1.29, 1.82) is 0 Å². The van der Waals surface area contributed by atoms with Crippen LogP contribution in [-0.2, 0) is 4.79 Å². The zero-order valence-electron chi connectivity index (χ0n) is 12.1. The van der Waals surface area contributed by atoms with Gasteiger partial charge in [0.1, 0.15) is 5.75 Å². The summed E-state index contributed by atoms with van der Waals surface area (Å²) in [4.78, 5) is 23.0. The van der Waals surface area contributed by atoms with E-state index in [2.05, 4.69) is 17.6 Å². The minimum atomic E-state index is -0.267. The number of carbonyl (C=O) groups is 2. The Morgan fingerprint density at radius 3 is 2.40 bits per heavy atom. The summed E-state index contributed by atoms with van der Waals surface area (Å²) in [5, 5.41) is 5.18. The van der Waals surface area contributed by atoms with Gasteiger partial charge in [0.15, 0.2) is 0 Å². The van der Waals surface area contributed by atoms with Crippen LogP contribution in [-0.4, -0.2) is 31.5 Å². The van der Waals surface area contributed by atoms with E-state index < -0.39 is 0 Å². The predicted octanol–water partition coefficient (Wildman–Crippen LogP) is 1.73. The van der Waals surface area contributed by atoms with Crippen molar-refractivity contribution in [2.45, 2.75) is 26.7 Å². The Balaban J connectivity index is 2.42. The van der Waals surface area contributed by atoms with Crippen LogP contribution < -0.4 is 15.4 Å². The van der Waals surface area contributed by atoms with Crippen LogP contribution in [0.4, 0.5) is 0 Å². The van der Waals surface area contributed by atoms with Crippen LogP contribution in [0.3, 0.4) is 0 Å². The summed E-state index contributed by atoms with van der Waals surface area (Å²) in [5.74, 6) is 0.287. The SMILES string of the molecule is CCCCOc1ccc(C(=O)NCC(=O)NCC)cc1. The third-order valence-corrected chi connectivity index (χ3v) is 2.67. The first kappa shape index (κ1) is 16.0. The van der Waals surface area contributed by atoms with Crippen LogP contribution in [0.1, 0.15) is 37.0 Å². The molecule has 110 valence electrons. The summed E-state index contributed by atoms with van der Waals surface area (Å²) in [7, 11) is 0. The van der Waals surface area contributed by atoms with E-state index >= 15 is 0 Å². The van der Waals surface area contributed by atoms with Crippen molar-refractivity contribution >= 4 is 11.8 Å². The second-order valence-corrected chi connectivity index (χ2v) is 4.36. The number of nitrogens with one attached hydrogen (secondary N) is 2. The quantitative estimate of drug-likeness (QED) is 0.712. The Kier molecular flexibility index (Phi) is 7.17. The number of unbranched alkanes of at least 4 members (excludes halogenated alkanes) is 1. The minimum Gasteiger partial charge on any atom is -0.494 e. The van der Waals surface area contributed by atoms with Crippen molar-refractivity contribution in [3.63, 3.8) is 0 Å². The molecule has 0 aliphatic heterocycles. The fraction of sp³-hybridized carbons (Fsp3) is 0.467. The number of amides is 2. The van der Waals surface area contributed by atoms with Gasteiger partial charge in [-0.2, -0.15) is 0 Å². The lowest BCUT2D eigenvalue weighted by atomic mass is 10.2. The minimum absolute atomic E-state index is 0.0125. The third-order valence-electron chi connectivity index (χ3n) is 2.67. The van der Waals surface area contributed by atoms with E-state index in [1.165, 1.54) is 0 Å². The molecule has 20 heavy (non-hydrogen) atoms. The van der Waals surface area contributed by atoms with E-state index in [4.69, 9.17) is 4.74 Å². The Labute approximate surface area is 119 Å². The Bertz CT molecular complexity index is 429. The monoisotopic (exact) mass is 278 g/mol. The van der Waals surface area contributed by atoms with Gasteiger partial charge in [-0.15, -0.1) is 0 Å². The van der Waals surface area contributed by atoms with Gasteiger partial charge in [0.05, 0.1) is 13.2 Å². The largest absolute Gasteiger partial charge is 0.494 e. The van der Waals surface area contributed by atoms with Crippen LogP contribution in [0, 0.1) is 0 Å². The van der Waals surface area contributed by atoms with Gasteiger partial charge in [0.25, 0.3) is 5.91 Å². The lowest BCUT2D eigenvalue weighted by molar-refractivity contribution is -0.120. The number of hydrogen-bond donors (Lipinski definition) is 2. The Morgan fingerprint density at radius 1 is 1.10 bits per heavy atom. The molecule has 0 atom stereocenters. The van der Waals surface area contributed by atoms with Gasteiger partial charge >= 0.3 is 0 Å². The van der Waals surface area contributed by atoms with E-state index in [9.17, 15) is 9.59 Å². The first-order chi connectivity index (χ1) is 9.67. The highest BCUT2D eigenvalue weighted by molar-refractivity contribution is 5.96. The maximum atomic E-state index is 11.8. The fourth-order valence-corrected chi connectivity index (χ4v) is 1.56. The molecular formula is C15H22N2O3. The molecule has 0 bridgehead atoms. The standard InChI is InChI=1S/C15H22N2O3/c1-3-5-10-20-13-8-6-12(7-9-13)15(19)17-11-14(18)16-4-2/h6-9H,3-5,10-11H2,1-2H3,(H,16,18)(H,17,19). The lowest BCUT2D eigenvalue weighted by Gasteiger charge is -2.07. The maximum absolute atomic E-state index is 11.8. The second-order valence-electron chi connectivity index (χ2n) is 4.36. The van der Waals surface area contributed by atoms with E-state index in [0.717, 1.165) is 18.6 Å². The van der Waals surface area contributed by atoms with Crippen molar-refractivity contribution in [3.8, 4) is 5.75 Å². The molecular weight excluding hydrogens is 256 g/mol. The van der Waals surface area contributed by atoms with E-state index in [1.54, 1.807) is 24.3 Å². The molecule has 5 nitrogen and oxygen atoms in total. The first-order valence-corrected chi connectivity index (χ1v) is 6.95. The highest BCUT2D eigenvalue weighted by Gasteiger charge is 2.07. The molecule has 0 radical (unpaired) electrons. The fourth-order valence-electron chi connectivity index (χ4n) is 1.56. The van der Waals surface area contributed by atoms with Crippen molar-refractivity contribution in [1.82, 2.24) is 10.6 Å². The number of benzene rings is 1. The van der Waals surface area contributed by atoms with Gasteiger partial charge in [0, 0.05) is 12.1 Å². The summed E-state index contributed by atoms with van der Waals surface area (Å²) in [6.45, 7) is 5.15. The third kappa shape index (κ3) is 5.73. The van der Waals surface area contributed by atoms with Crippen molar-refractivity contribution in [3.05, 3.63) is 29.8 Å². The van der Waals surface area contributed by atoms with Crippen molar-refractivity contribution in [2.24, 2.45) is 0 Å². The molecule has 0 aliphatic rings. The summed E-state index contributed by atoms with van der Waals surface area (Å²) >= 11 is 0. The van der Waals surface area contributed by atoms with E-state index in [1.807, 2.05) is 6.92 Å². The average Bonchev–Trinajstić information content (AvgIpc) is 2.46. The van der Waals surface area contributed by atoms with E-state index in [-0.39, 0.29) is 18.4 Å². The highest BCUT2D eigenvalue weighted by Crippen LogP contribution is 2.12. The zero-order valence-corrected chi connectivity index (χ0v) is 12.1. The molecule has 0 spiro atoms. The predicted molar refractivity (Wildman–Crippen MR) is 77.9 cm³/mol. The number of likely N-dealkylation sites (N-methyl/N-ethyl adjacent to an activating group) is 1. The maximum Gasteiger partial charge on any atom is 0.251 e. The van der Waals surface area contributed by atoms with Gasteiger partial charge in [-0.3, -0.25) is 9.59 Å². The lowest BCUT2D eigenvalue weighted by Crippen LogP contribution is -2.36. The topological polar surface area (TPSA) is 67.4 Å². The molecule has 0 aromatic heterocycles. The number of ether oxygens (including phenoxy) is 1. The van der Waals surface area contributed by atoms with E-state index in [0.29, 0.717) is 18.7 Å². The first-order valence-electron chi connectivity index (χ1n) is 6.95. The molecule has 0 unspecified atom stereocenters. The van der Waals surface area contributed by atoms with Crippen molar-refractivity contribution < 1.29 is 14.3 Å². The summed E-state index contributed by atoms with van der Waals surface area (Å²) in [5.41, 5.74) is 0.511. The molecule has 5 heteroatoms. The van der Waals surface area contributed by atoms with Gasteiger partial charge in [-0.05, 0) is 37.6 Å². The molecule has 0 aliphatic carbocycles. The highest BCUT2D eigenvalue weighted by atomic mass is 16.5. The molecule has 1 rings (SSSR count). The smallest absolute Gasteiger partial charge is 0.251 e. The van der Waals surface area contributed by atoms with Gasteiger partial charge < -0.3 is 15.4 Å².